The molecule has 2 aromatic rings. The molecule has 0 unspecified atom stereocenters. The molecule has 0 amide bonds. The molecule has 3 rings (SSSR count). The molecule has 0 saturated carbocycles. The fourth-order valence-electron chi connectivity index (χ4n) is 3.13. The van der Waals surface area contributed by atoms with E-state index in [0.717, 1.165) is 54.9 Å². The van der Waals surface area contributed by atoms with Crippen LogP contribution in [-0.2, 0) is 6.54 Å². The molecule has 5 heteroatoms. The molecule has 4 nitrogen and oxygen atoms in total. The number of piperazine rings is 1. The van der Waals surface area contributed by atoms with Crippen molar-refractivity contribution in [2.75, 3.05) is 44.7 Å². The Labute approximate surface area is 141 Å². The van der Waals surface area contributed by atoms with Gasteiger partial charge in [0, 0.05) is 67.7 Å². The zero-order valence-electron chi connectivity index (χ0n) is 14.0. The van der Waals surface area contributed by atoms with Crippen molar-refractivity contribution in [1.82, 2.24) is 14.8 Å². The smallest absolute Gasteiger partial charge is 0.189 e. The summed E-state index contributed by atoms with van der Waals surface area (Å²) in [5.41, 5.74) is 3.20. The number of rotatable bonds is 5. The number of nitrogens with one attached hydrogen (secondary N) is 1. The predicted molar refractivity (Wildman–Crippen MR) is 99.4 cm³/mol. The maximum absolute atomic E-state index is 12.3. The standard InChI is InChI=1S/C18H25N3OS/c1-14-3-4-17-16(11-14)18(22)12-15(19-17)13-21-7-5-20(6-8-21)9-10-23-2/h3-4,11-12H,5-10,13H2,1-2H3,(H,19,22). The van der Waals surface area contributed by atoms with Crippen molar-refractivity contribution in [2.24, 2.45) is 0 Å². The summed E-state index contributed by atoms with van der Waals surface area (Å²) in [5.74, 6) is 1.21. The Balaban J connectivity index is 1.66. The average Bonchev–Trinajstić information content (AvgIpc) is 2.55. The third-order valence-corrected chi connectivity index (χ3v) is 5.10. The van der Waals surface area contributed by atoms with E-state index in [0.29, 0.717) is 0 Å². The first-order valence-corrected chi connectivity index (χ1v) is 9.61. The Morgan fingerprint density at radius 1 is 1.13 bits per heavy atom. The van der Waals surface area contributed by atoms with Crippen LogP contribution in [0.4, 0.5) is 0 Å². The minimum Gasteiger partial charge on any atom is -0.357 e. The van der Waals surface area contributed by atoms with Gasteiger partial charge in [-0.15, -0.1) is 0 Å². The monoisotopic (exact) mass is 331 g/mol. The molecule has 124 valence electrons. The second-order valence-electron chi connectivity index (χ2n) is 6.32. The van der Waals surface area contributed by atoms with E-state index in [9.17, 15) is 4.79 Å². The van der Waals surface area contributed by atoms with Crippen molar-refractivity contribution < 1.29 is 0 Å². The molecule has 0 atom stereocenters. The van der Waals surface area contributed by atoms with E-state index in [2.05, 4.69) is 21.0 Å². The highest BCUT2D eigenvalue weighted by molar-refractivity contribution is 7.98. The number of nitrogens with zero attached hydrogens (tertiary/aromatic N) is 2. The molecule has 1 aromatic heterocycles. The van der Waals surface area contributed by atoms with Gasteiger partial charge in [0.05, 0.1) is 0 Å². The Hall–Kier alpha value is -1.30. The zero-order chi connectivity index (χ0) is 16.2. The van der Waals surface area contributed by atoms with Gasteiger partial charge in [-0.05, 0) is 25.3 Å². The zero-order valence-corrected chi connectivity index (χ0v) is 14.8. The summed E-state index contributed by atoms with van der Waals surface area (Å²) in [7, 11) is 0. The highest BCUT2D eigenvalue weighted by Crippen LogP contribution is 2.13. The van der Waals surface area contributed by atoms with Crippen molar-refractivity contribution in [3.05, 3.63) is 45.7 Å². The van der Waals surface area contributed by atoms with Gasteiger partial charge in [-0.2, -0.15) is 11.8 Å². The summed E-state index contributed by atoms with van der Waals surface area (Å²) in [6, 6.07) is 7.78. The Morgan fingerprint density at radius 3 is 2.61 bits per heavy atom. The van der Waals surface area contributed by atoms with Crippen LogP contribution in [0.2, 0.25) is 0 Å². The van der Waals surface area contributed by atoms with Gasteiger partial charge < -0.3 is 4.98 Å². The number of fused-ring (bicyclic) bond motifs is 1. The third kappa shape index (κ3) is 4.16. The first-order chi connectivity index (χ1) is 11.2. The summed E-state index contributed by atoms with van der Waals surface area (Å²) in [4.78, 5) is 20.7. The fraction of sp³-hybridized carbons (Fsp3) is 0.500. The molecule has 1 fully saturated rings. The lowest BCUT2D eigenvalue weighted by Gasteiger charge is -2.34. The Bertz CT molecular complexity index is 720. The second kappa shape index (κ2) is 7.51. The van der Waals surface area contributed by atoms with Gasteiger partial charge in [-0.25, -0.2) is 0 Å². The van der Waals surface area contributed by atoms with Crippen LogP contribution in [0, 0.1) is 6.92 Å². The topological polar surface area (TPSA) is 39.3 Å². The minimum absolute atomic E-state index is 0.121. The van der Waals surface area contributed by atoms with Gasteiger partial charge in [-0.1, -0.05) is 11.6 Å². The van der Waals surface area contributed by atoms with E-state index in [1.807, 2.05) is 36.9 Å². The summed E-state index contributed by atoms with van der Waals surface area (Å²) < 4.78 is 0. The maximum Gasteiger partial charge on any atom is 0.189 e. The Kier molecular flexibility index (Phi) is 5.41. The van der Waals surface area contributed by atoms with Crippen LogP contribution in [0.15, 0.2) is 29.1 Å². The molecule has 1 saturated heterocycles. The molecular formula is C18H25N3OS. The Morgan fingerprint density at radius 2 is 1.87 bits per heavy atom. The highest BCUT2D eigenvalue weighted by atomic mass is 32.2. The summed E-state index contributed by atoms with van der Waals surface area (Å²) >= 11 is 1.91. The van der Waals surface area contributed by atoms with E-state index >= 15 is 0 Å². The third-order valence-electron chi connectivity index (χ3n) is 4.51. The van der Waals surface area contributed by atoms with Crippen molar-refractivity contribution >= 4 is 22.7 Å². The summed E-state index contributed by atoms with van der Waals surface area (Å²) in [5, 5.41) is 0.788. The summed E-state index contributed by atoms with van der Waals surface area (Å²) in [6.07, 6.45) is 2.16. The normalized spacial score (nSPS) is 17.0. The molecule has 0 aliphatic carbocycles. The van der Waals surface area contributed by atoms with E-state index < -0.39 is 0 Å². The van der Waals surface area contributed by atoms with Crippen LogP contribution < -0.4 is 5.43 Å². The number of aryl methyl sites for hydroxylation is 1. The number of hydrogen-bond acceptors (Lipinski definition) is 4. The number of pyridine rings is 1. The van der Waals surface area contributed by atoms with Gasteiger partial charge in [0.1, 0.15) is 0 Å². The molecule has 1 aliphatic heterocycles. The number of thioether (sulfide) groups is 1. The van der Waals surface area contributed by atoms with Crippen LogP contribution in [0.25, 0.3) is 10.9 Å². The van der Waals surface area contributed by atoms with E-state index in [1.165, 1.54) is 12.3 Å². The van der Waals surface area contributed by atoms with Crippen LogP contribution in [0.1, 0.15) is 11.3 Å². The molecular weight excluding hydrogens is 306 g/mol. The molecule has 23 heavy (non-hydrogen) atoms. The highest BCUT2D eigenvalue weighted by Gasteiger charge is 2.17. The SMILES string of the molecule is CSCCN1CCN(Cc2cc(=O)c3cc(C)ccc3[nH]2)CC1. The molecule has 2 heterocycles. The van der Waals surface area contributed by atoms with E-state index in [1.54, 1.807) is 6.07 Å². The average molecular weight is 331 g/mol. The van der Waals surface area contributed by atoms with E-state index in [-0.39, 0.29) is 5.43 Å². The molecule has 1 aromatic carbocycles. The molecule has 0 bridgehead atoms. The molecule has 0 radical (unpaired) electrons. The summed E-state index contributed by atoms with van der Waals surface area (Å²) in [6.45, 7) is 8.42. The number of aromatic amines is 1. The fourth-order valence-corrected chi connectivity index (χ4v) is 3.57. The second-order valence-corrected chi connectivity index (χ2v) is 7.30. The quantitative estimate of drug-likeness (QED) is 0.913. The van der Waals surface area contributed by atoms with Crippen molar-refractivity contribution in [1.29, 1.82) is 0 Å². The van der Waals surface area contributed by atoms with Crippen LogP contribution >= 0.6 is 11.8 Å². The van der Waals surface area contributed by atoms with Crippen LogP contribution in [0.3, 0.4) is 0 Å². The number of H-pyrrole nitrogens is 1. The number of hydrogen-bond donors (Lipinski definition) is 1. The maximum atomic E-state index is 12.3. The largest absolute Gasteiger partial charge is 0.357 e. The predicted octanol–water partition coefficient (Wildman–Crippen LogP) is 2.32. The van der Waals surface area contributed by atoms with Gasteiger partial charge in [0.15, 0.2) is 5.43 Å². The first kappa shape index (κ1) is 16.6. The number of benzene rings is 1. The lowest BCUT2D eigenvalue weighted by Crippen LogP contribution is -2.46. The van der Waals surface area contributed by atoms with Crippen molar-refractivity contribution in [2.45, 2.75) is 13.5 Å². The van der Waals surface area contributed by atoms with Gasteiger partial charge in [-0.3, -0.25) is 14.6 Å². The van der Waals surface area contributed by atoms with Crippen LogP contribution in [0.5, 0.6) is 0 Å². The van der Waals surface area contributed by atoms with Gasteiger partial charge in [0.25, 0.3) is 0 Å². The van der Waals surface area contributed by atoms with E-state index in [4.69, 9.17) is 0 Å². The molecule has 1 N–H and O–H groups in total. The van der Waals surface area contributed by atoms with Gasteiger partial charge in [0.2, 0.25) is 0 Å². The first-order valence-electron chi connectivity index (χ1n) is 8.22. The van der Waals surface area contributed by atoms with Crippen molar-refractivity contribution in [3.63, 3.8) is 0 Å². The van der Waals surface area contributed by atoms with Crippen molar-refractivity contribution in [3.8, 4) is 0 Å². The lowest BCUT2D eigenvalue weighted by atomic mass is 10.1. The molecule has 1 aliphatic rings. The van der Waals surface area contributed by atoms with Crippen LogP contribution in [-0.4, -0.2) is 59.5 Å². The number of aromatic nitrogens is 1. The minimum atomic E-state index is 0.121. The van der Waals surface area contributed by atoms with Gasteiger partial charge >= 0.3 is 0 Å². The lowest BCUT2D eigenvalue weighted by molar-refractivity contribution is 0.132. The molecule has 0 spiro atoms.